The minimum atomic E-state index is 0.354. The van der Waals surface area contributed by atoms with Crippen LogP contribution < -0.4 is 5.32 Å². The van der Waals surface area contributed by atoms with Crippen LogP contribution in [0.4, 0.5) is 5.69 Å². The smallest absolute Gasteiger partial charge is 0.0661 e. The molecular formula is C13H21NO. The van der Waals surface area contributed by atoms with Gasteiger partial charge in [0, 0.05) is 18.8 Å². The molecule has 0 aliphatic carbocycles. The second-order valence-electron chi connectivity index (χ2n) is 3.95. The maximum absolute atomic E-state index is 5.08. The first-order chi connectivity index (χ1) is 7.26. The molecule has 0 aliphatic rings. The van der Waals surface area contributed by atoms with Crippen molar-refractivity contribution in [3.8, 4) is 0 Å². The Morgan fingerprint density at radius 1 is 1.27 bits per heavy atom. The molecule has 0 amide bonds. The lowest BCUT2D eigenvalue weighted by Crippen LogP contribution is -2.20. The van der Waals surface area contributed by atoms with Crippen molar-refractivity contribution in [2.75, 3.05) is 19.0 Å². The number of ether oxygens (including phenoxy) is 1. The van der Waals surface area contributed by atoms with Gasteiger partial charge in [0.1, 0.15) is 0 Å². The lowest BCUT2D eigenvalue weighted by Gasteiger charge is -2.14. The molecule has 0 fully saturated rings. The van der Waals surface area contributed by atoms with Crippen molar-refractivity contribution in [3.05, 3.63) is 29.8 Å². The van der Waals surface area contributed by atoms with Gasteiger partial charge in [-0.1, -0.05) is 25.5 Å². The Morgan fingerprint density at radius 2 is 1.93 bits per heavy atom. The second-order valence-corrected chi connectivity index (χ2v) is 3.95. The summed E-state index contributed by atoms with van der Waals surface area (Å²) in [5.41, 5.74) is 2.57. The van der Waals surface area contributed by atoms with Crippen LogP contribution in [0.3, 0.4) is 0 Å². The van der Waals surface area contributed by atoms with Crippen LogP contribution in [0.25, 0.3) is 0 Å². The molecule has 1 aromatic rings. The molecule has 0 aromatic heterocycles. The van der Waals surface area contributed by atoms with Crippen LogP contribution in [0.2, 0.25) is 0 Å². The van der Waals surface area contributed by atoms with Crippen LogP contribution >= 0.6 is 0 Å². The van der Waals surface area contributed by atoms with Crippen molar-refractivity contribution in [2.45, 2.75) is 32.7 Å². The Balaban J connectivity index is 2.48. The molecule has 15 heavy (non-hydrogen) atoms. The highest BCUT2D eigenvalue weighted by Crippen LogP contribution is 2.12. The van der Waals surface area contributed by atoms with Gasteiger partial charge in [0.2, 0.25) is 0 Å². The number of anilines is 1. The van der Waals surface area contributed by atoms with Gasteiger partial charge in [0.15, 0.2) is 0 Å². The highest BCUT2D eigenvalue weighted by molar-refractivity contribution is 5.45. The summed E-state index contributed by atoms with van der Waals surface area (Å²) in [4.78, 5) is 0. The predicted molar refractivity (Wildman–Crippen MR) is 65.4 cm³/mol. The van der Waals surface area contributed by atoms with E-state index in [1.165, 1.54) is 17.7 Å². The summed E-state index contributed by atoms with van der Waals surface area (Å²) in [5, 5.41) is 3.39. The average molecular weight is 207 g/mol. The van der Waals surface area contributed by atoms with Gasteiger partial charge >= 0.3 is 0 Å². The molecule has 2 nitrogen and oxygen atoms in total. The van der Waals surface area contributed by atoms with Gasteiger partial charge in [-0.15, -0.1) is 0 Å². The Hall–Kier alpha value is -1.02. The van der Waals surface area contributed by atoms with Crippen molar-refractivity contribution in [1.29, 1.82) is 0 Å². The largest absolute Gasteiger partial charge is 0.383 e. The predicted octanol–water partition coefficient (Wildman–Crippen LogP) is 3.09. The van der Waals surface area contributed by atoms with Crippen molar-refractivity contribution < 1.29 is 4.74 Å². The van der Waals surface area contributed by atoms with E-state index in [-0.39, 0.29) is 0 Å². The van der Waals surface area contributed by atoms with Crippen molar-refractivity contribution in [1.82, 2.24) is 0 Å². The Bertz CT molecular complexity index is 268. The first-order valence-corrected chi connectivity index (χ1v) is 5.60. The van der Waals surface area contributed by atoms with E-state index in [0.29, 0.717) is 6.04 Å². The van der Waals surface area contributed by atoms with Gasteiger partial charge in [0.05, 0.1) is 6.61 Å². The van der Waals surface area contributed by atoms with Gasteiger partial charge in [0.25, 0.3) is 0 Å². The molecule has 0 radical (unpaired) electrons. The van der Waals surface area contributed by atoms with E-state index in [4.69, 9.17) is 4.74 Å². The maximum atomic E-state index is 5.08. The van der Waals surface area contributed by atoms with Gasteiger partial charge < -0.3 is 10.1 Å². The Kier molecular flexibility index (Phi) is 5.19. The SMILES string of the molecule is CCCc1ccc(NC(C)COC)cc1. The lowest BCUT2D eigenvalue weighted by molar-refractivity contribution is 0.190. The molecule has 0 saturated heterocycles. The number of hydrogen-bond donors (Lipinski definition) is 1. The number of aryl methyl sites for hydroxylation is 1. The van der Waals surface area contributed by atoms with Crippen molar-refractivity contribution >= 4 is 5.69 Å². The van der Waals surface area contributed by atoms with Crippen LogP contribution in [-0.2, 0) is 11.2 Å². The third kappa shape index (κ3) is 4.34. The first-order valence-electron chi connectivity index (χ1n) is 5.60. The number of methoxy groups -OCH3 is 1. The molecule has 1 aromatic carbocycles. The Labute approximate surface area is 92.6 Å². The minimum Gasteiger partial charge on any atom is -0.383 e. The summed E-state index contributed by atoms with van der Waals surface area (Å²) < 4.78 is 5.08. The zero-order valence-corrected chi connectivity index (χ0v) is 9.92. The molecular weight excluding hydrogens is 186 g/mol. The number of rotatable bonds is 6. The monoisotopic (exact) mass is 207 g/mol. The summed E-state index contributed by atoms with van der Waals surface area (Å²) in [6.07, 6.45) is 2.36. The lowest BCUT2D eigenvalue weighted by atomic mass is 10.1. The fraction of sp³-hybridized carbons (Fsp3) is 0.538. The van der Waals surface area contributed by atoms with E-state index in [2.05, 4.69) is 43.4 Å². The zero-order chi connectivity index (χ0) is 11.1. The van der Waals surface area contributed by atoms with E-state index in [1.54, 1.807) is 7.11 Å². The van der Waals surface area contributed by atoms with E-state index in [1.807, 2.05) is 0 Å². The Morgan fingerprint density at radius 3 is 2.47 bits per heavy atom. The maximum Gasteiger partial charge on any atom is 0.0661 e. The topological polar surface area (TPSA) is 21.3 Å². The first kappa shape index (κ1) is 12.1. The molecule has 0 heterocycles. The fourth-order valence-electron chi connectivity index (χ4n) is 1.63. The highest BCUT2D eigenvalue weighted by Gasteiger charge is 2.00. The van der Waals surface area contributed by atoms with Crippen LogP contribution in [0.15, 0.2) is 24.3 Å². The van der Waals surface area contributed by atoms with Gasteiger partial charge in [-0.25, -0.2) is 0 Å². The standard InChI is InChI=1S/C13H21NO/c1-4-5-12-6-8-13(9-7-12)14-11(2)10-15-3/h6-9,11,14H,4-5,10H2,1-3H3. The summed E-state index contributed by atoms with van der Waals surface area (Å²) in [7, 11) is 1.72. The van der Waals surface area contributed by atoms with E-state index >= 15 is 0 Å². The molecule has 0 aliphatic heterocycles. The molecule has 0 saturated carbocycles. The summed E-state index contributed by atoms with van der Waals surface area (Å²) in [6.45, 7) is 5.05. The minimum absolute atomic E-state index is 0.354. The summed E-state index contributed by atoms with van der Waals surface area (Å²) in [5.74, 6) is 0. The van der Waals surface area contributed by atoms with Gasteiger partial charge in [-0.2, -0.15) is 0 Å². The summed E-state index contributed by atoms with van der Waals surface area (Å²) >= 11 is 0. The molecule has 0 spiro atoms. The van der Waals surface area contributed by atoms with Gasteiger partial charge in [-0.3, -0.25) is 0 Å². The quantitative estimate of drug-likeness (QED) is 0.774. The second kappa shape index (κ2) is 6.46. The molecule has 1 rings (SSSR count). The number of hydrogen-bond acceptors (Lipinski definition) is 2. The van der Waals surface area contributed by atoms with Crippen LogP contribution in [0.5, 0.6) is 0 Å². The van der Waals surface area contributed by atoms with Crippen LogP contribution in [0, 0.1) is 0 Å². The van der Waals surface area contributed by atoms with Crippen molar-refractivity contribution in [3.63, 3.8) is 0 Å². The molecule has 1 atom stereocenters. The van der Waals surface area contributed by atoms with Crippen LogP contribution in [0.1, 0.15) is 25.8 Å². The van der Waals surface area contributed by atoms with Gasteiger partial charge in [-0.05, 0) is 31.0 Å². The van der Waals surface area contributed by atoms with E-state index in [0.717, 1.165) is 13.0 Å². The fourth-order valence-corrected chi connectivity index (χ4v) is 1.63. The molecule has 2 heteroatoms. The number of benzene rings is 1. The zero-order valence-electron chi connectivity index (χ0n) is 9.92. The van der Waals surface area contributed by atoms with Crippen molar-refractivity contribution in [2.24, 2.45) is 0 Å². The molecule has 0 bridgehead atoms. The third-order valence-electron chi connectivity index (χ3n) is 2.32. The average Bonchev–Trinajstić information content (AvgIpc) is 2.22. The number of nitrogens with one attached hydrogen (secondary N) is 1. The normalized spacial score (nSPS) is 12.5. The van der Waals surface area contributed by atoms with E-state index < -0.39 is 0 Å². The summed E-state index contributed by atoms with van der Waals surface area (Å²) in [6, 6.07) is 9.00. The highest BCUT2D eigenvalue weighted by atomic mass is 16.5. The van der Waals surface area contributed by atoms with E-state index in [9.17, 15) is 0 Å². The molecule has 1 unspecified atom stereocenters. The molecule has 1 N–H and O–H groups in total. The third-order valence-corrected chi connectivity index (χ3v) is 2.32. The van der Waals surface area contributed by atoms with Crippen LogP contribution in [-0.4, -0.2) is 19.8 Å². The molecule has 84 valence electrons.